The van der Waals surface area contributed by atoms with E-state index in [9.17, 15) is 0 Å². The Kier molecular flexibility index (Phi) is 9.29. The van der Waals surface area contributed by atoms with Crippen molar-refractivity contribution >= 4 is 34.2 Å². The van der Waals surface area contributed by atoms with Gasteiger partial charge in [-0.15, -0.1) is 0 Å². The van der Waals surface area contributed by atoms with Gasteiger partial charge in [0.25, 0.3) is 0 Å². The van der Waals surface area contributed by atoms with Crippen molar-refractivity contribution < 1.29 is 35.4 Å². The molecule has 4 atom stereocenters. The number of rotatable bonds is 8. The zero-order valence-electron chi connectivity index (χ0n) is 19.6. The lowest BCUT2D eigenvalue weighted by Crippen LogP contribution is -2.76. The fourth-order valence-electron chi connectivity index (χ4n) is 3.21. The summed E-state index contributed by atoms with van der Waals surface area (Å²) in [6, 6.07) is 0. The minimum atomic E-state index is -2.89. The van der Waals surface area contributed by atoms with Crippen molar-refractivity contribution in [3.63, 3.8) is 0 Å². The molecule has 0 spiro atoms. The second-order valence-electron chi connectivity index (χ2n) is 7.98. The molecule has 1 rings (SSSR count). The van der Waals surface area contributed by atoms with Crippen molar-refractivity contribution in [1.82, 2.24) is 0 Å². The first-order valence-corrected chi connectivity index (χ1v) is 19.2. The van der Waals surface area contributed by atoms with Crippen molar-refractivity contribution in [2.75, 3.05) is 28.4 Å². The number of hydrogen-bond donors (Lipinski definition) is 0. The van der Waals surface area contributed by atoms with Crippen LogP contribution >= 0.6 is 0 Å². The Bertz CT molecular complexity index is 415. The van der Waals surface area contributed by atoms with Gasteiger partial charge in [-0.2, -0.15) is 0 Å². The Labute approximate surface area is 175 Å². The van der Waals surface area contributed by atoms with Gasteiger partial charge in [0, 0.05) is 28.4 Å². The zero-order valence-corrected chi connectivity index (χ0v) is 23.6. The smallest absolute Gasteiger partial charge is 0.347 e. The molecule has 28 heavy (non-hydrogen) atoms. The van der Waals surface area contributed by atoms with Crippen molar-refractivity contribution in [2.45, 2.75) is 76.8 Å². The fraction of sp³-hybridized carbons (Fsp3) is 1.00. The molecule has 1 aliphatic heterocycles. The normalized spacial score (nSPS) is 41.6. The summed E-state index contributed by atoms with van der Waals surface area (Å²) < 4.78 is 49.9. The molecular formula is C16H40O8Si4. The molecule has 0 aromatic rings. The first kappa shape index (κ1) is 26.6. The summed E-state index contributed by atoms with van der Waals surface area (Å²) in [6.45, 7) is 15.9. The van der Waals surface area contributed by atoms with Crippen LogP contribution < -0.4 is 0 Å². The molecule has 0 N–H and O–H groups in total. The molecule has 1 heterocycles. The molecule has 0 radical (unpaired) electrons. The van der Waals surface area contributed by atoms with E-state index >= 15 is 0 Å². The highest BCUT2D eigenvalue weighted by Gasteiger charge is 2.63. The van der Waals surface area contributed by atoms with E-state index in [-0.39, 0.29) is 22.9 Å². The summed E-state index contributed by atoms with van der Waals surface area (Å²) >= 11 is 0. The average Bonchev–Trinajstić information content (AvgIpc) is 2.63. The molecule has 1 saturated heterocycles. The number of ether oxygens (including phenoxy) is 4. The van der Waals surface area contributed by atoms with E-state index in [2.05, 4.69) is 0 Å². The Morgan fingerprint density at radius 3 is 0.679 bits per heavy atom. The summed E-state index contributed by atoms with van der Waals surface area (Å²) in [5, 5.41) is 0. The van der Waals surface area contributed by atoms with Gasteiger partial charge in [0.2, 0.25) is 0 Å². The Morgan fingerprint density at radius 2 is 0.571 bits per heavy atom. The van der Waals surface area contributed by atoms with Crippen LogP contribution in [0.5, 0.6) is 0 Å². The molecule has 1 fully saturated rings. The molecule has 8 nitrogen and oxygen atoms in total. The van der Waals surface area contributed by atoms with E-state index in [0.29, 0.717) is 0 Å². The maximum atomic E-state index is 6.81. The first-order valence-electron chi connectivity index (χ1n) is 9.67. The molecule has 0 aromatic heterocycles. The largest absolute Gasteiger partial charge is 0.413 e. The van der Waals surface area contributed by atoms with Gasteiger partial charge in [-0.05, 0) is 53.9 Å². The van der Waals surface area contributed by atoms with Crippen LogP contribution in [0.2, 0.25) is 26.2 Å². The van der Waals surface area contributed by atoms with E-state index in [4.69, 9.17) is 35.4 Å². The van der Waals surface area contributed by atoms with Gasteiger partial charge in [-0.1, -0.05) is 0 Å². The molecule has 168 valence electrons. The lowest BCUT2D eigenvalue weighted by Gasteiger charge is -2.53. The van der Waals surface area contributed by atoms with Gasteiger partial charge in [0.15, 0.2) is 0 Å². The van der Waals surface area contributed by atoms with Crippen molar-refractivity contribution in [1.29, 1.82) is 0 Å². The van der Waals surface area contributed by atoms with Crippen molar-refractivity contribution in [3.8, 4) is 0 Å². The third-order valence-electron chi connectivity index (χ3n) is 5.99. The van der Waals surface area contributed by atoms with Gasteiger partial charge >= 0.3 is 34.2 Å². The fourth-order valence-corrected chi connectivity index (χ4v) is 25.3. The van der Waals surface area contributed by atoms with Gasteiger partial charge in [-0.25, -0.2) is 0 Å². The lowest BCUT2D eigenvalue weighted by molar-refractivity contribution is 0.0647. The molecule has 1 aliphatic rings. The van der Waals surface area contributed by atoms with Crippen molar-refractivity contribution in [3.05, 3.63) is 0 Å². The summed E-state index contributed by atoms with van der Waals surface area (Å²) in [5.74, 6) is 0. The highest BCUT2D eigenvalue weighted by atomic mass is 28.5. The first-order chi connectivity index (χ1) is 12.8. The standard InChI is InChI=1S/C16H40O8Si4/c1-13(17-5)25(9)21-26(10,14(2)18-6)23-28(12,16(4)20-8)24-27(11,22-25)15(3)19-7/h13-16H,1-12H3. The van der Waals surface area contributed by atoms with Crippen LogP contribution in [0.1, 0.15) is 27.7 Å². The Hall–Kier alpha value is 0.548. The predicted molar refractivity (Wildman–Crippen MR) is 117 cm³/mol. The van der Waals surface area contributed by atoms with E-state index in [1.54, 1.807) is 28.4 Å². The topological polar surface area (TPSA) is 73.8 Å². The quantitative estimate of drug-likeness (QED) is 0.499. The molecule has 0 aliphatic carbocycles. The number of methoxy groups -OCH3 is 4. The van der Waals surface area contributed by atoms with Crippen molar-refractivity contribution in [2.24, 2.45) is 0 Å². The third-order valence-corrected chi connectivity index (χ3v) is 25.8. The SMILES string of the molecule is COC(C)[Si]1(C)O[Si](C)(C(C)OC)O[Si](C)(C(C)OC)O[Si](C)(C(C)OC)O1. The molecule has 0 amide bonds. The van der Waals surface area contributed by atoms with E-state index in [1.165, 1.54) is 0 Å². The van der Waals surface area contributed by atoms with Crippen LogP contribution in [0.15, 0.2) is 0 Å². The third kappa shape index (κ3) is 5.42. The minimum absolute atomic E-state index is 0.225. The number of hydrogen-bond acceptors (Lipinski definition) is 8. The van der Waals surface area contributed by atoms with E-state index in [0.717, 1.165) is 0 Å². The van der Waals surface area contributed by atoms with Gasteiger partial charge in [0.1, 0.15) is 0 Å². The van der Waals surface area contributed by atoms with Gasteiger partial charge in [0.05, 0.1) is 22.9 Å². The molecular weight excluding hydrogens is 433 g/mol. The lowest BCUT2D eigenvalue weighted by atomic mass is 10.9. The average molecular weight is 473 g/mol. The maximum absolute atomic E-state index is 6.81. The van der Waals surface area contributed by atoms with Gasteiger partial charge < -0.3 is 35.4 Å². The summed E-state index contributed by atoms with van der Waals surface area (Å²) in [6.07, 6.45) is 0. The van der Waals surface area contributed by atoms with Crippen LogP contribution in [0.3, 0.4) is 0 Å². The highest BCUT2D eigenvalue weighted by Crippen LogP contribution is 2.37. The molecule has 0 aromatic carbocycles. The van der Waals surface area contributed by atoms with E-state index in [1.807, 2.05) is 53.9 Å². The Morgan fingerprint density at radius 1 is 0.429 bits per heavy atom. The molecule has 0 bridgehead atoms. The second kappa shape index (κ2) is 9.78. The summed E-state index contributed by atoms with van der Waals surface area (Å²) in [5.41, 5.74) is -0.899. The molecule has 12 heteroatoms. The predicted octanol–water partition coefficient (Wildman–Crippen LogP) is 2.65. The van der Waals surface area contributed by atoms with Gasteiger partial charge in [-0.3, -0.25) is 0 Å². The summed E-state index contributed by atoms with van der Waals surface area (Å²) in [4.78, 5) is 0. The molecule has 4 unspecified atom stereocenters. The minimum Gasteiger partial charge on any atom is -0.413 e. The maximum Gasteiger partial charge on any atom is 0.347 e. The van der Waals surface area contributed by atoms with Crippen LogP contribution in [-0.2, 0) is 35.4 Å². The molecule has 0 saturated carbocycles. The van der Waals surface area contributed by atoms with Crippen LogP contribution in [0.25, 0.3) is 0 Å². The second-order valence-corrected chi connectivity index (χ2v) is 22.6. The van der Waals surface area contributed by atoms with Crippen LogP contribution in [0.4, 0.5) is 0 Å². The summed E-state index contributed by atoms with van der Waals surface area (Å²) in [7, 11) is -4.88. The van der Waals surface area contributed by atoms with Crippen LogP contribution in [-0.4, -0.2) is 85.6 Å². The highest BCUT2D eigenvalue weighted by molar-refractivity contribution is 6.95. The van der Waals surface area contributed by atoms with E-state index < -0.39 is 34.2 Å². The zero-order chi connectivity index (χ0) is 22.0. The Balaban J connectivity index is 3.59. The van der Waals surface area contributed by atoms with Crippen LogP contribution in [0, 0.1) is 0 Å². The monoisotopic (exact) mass is 472 g/mol.